The van der Waals surface area contributed by atoms with Gasteiger partial charge in [0.15, 0.2) is 5.76 Å². The molecule has 7 nitrogen and oxygen atoms in total. The van der Waals surface area contributed by atoms with Crippen molar-refractivity contribution in [3.05, 3.63) is 23.7 Å². The van der Waals surface area contributed by atoms with Gasteiger partial charge in [-0.05, 0) is 19.1 Å². The van der Waals surface area contributed by atoms with Crippen molar-refractivity contribution in [2.75, 3.05) is 14.1 Å². The Hall–Kier alpha value is -2.31. The molecule has 0 saturated carbocycles. The molecule has 0 fully saturated rings. The third-order valence-corrected chi connectivity index (χ3v) is 2.20. The molecule has 2 N–H and O–H groups in total. The van der Waals surface area contributed by atoms with E-state index < -0.39 is 17.9 Å². The summed E-state index contributed by atoms with van der Waals surface area (Å²) in [6.45, 7) is 1.53. The molecule has 0 aromatic carbocycles. The minimum atomic E-state index is -1.26. The van der Waals surface area contributed by atoms with Gasteiger partial charge in [0.1, 0.15) is 6.04 Å². The van der Waals surface area contributed by atoms with E-state index >= 15 is 0 Å². The van der Waals surface area contributed by atoms with Crippen molar-refractivity contribution in [1.29, 1.82) is 0 Å². The lowest BCUT2D eigenvalue weighted by atomic mass is 10.3. The summed E-state index contributed by atoms with van der Waals surface area (Å²) in [4.78, 5) is 35.1. The third kappa shape index (κ3) is 3.09. The number of hydrogen-bond acceptors (Lipinski definition) is 4. The summed E-state index contributed by atoms with van der Waals surface area (Å²) in [7, 11) is 3.14. The zero-order valence-electron chi connectivity index (χ0n) is 10.3. The van der Waals surface area contributed by atoms with E-state index in [1.54, 1.807) is 14.1 Å². The van der Waals surface area contributed by atoms with Crippen molar-refractivity contribution in [1.82, 2.24) is 10.2 Å². The molecule has 1 heterocycles. The fourth-order valence-corrected chi connectivity index (χ4v) is 1.29. The predicted octanol–water partition coefficient (Wildman–Crippen LogP) is 0.184. The molecule has 98 valence electrons. The highest BCUT2D eigenvalue weighted by atomic mass is 16.4. The molecule has 0 spiro atoms. The Bertz CT molecular complexity index is 478. The van der Waals surface area contributed by atoms with Gasteiger partial charge in [0.25, 0.3) is 5.91 Å². The Morgan fingerprint density at radius 3 is 2.28 bits per heavy atom. The molecule has 0 saturated heterocycles. The second-order valence-electron chi connectivity index (χ2n) is 3.90. The summed E-state index contributed by atoms with van der Waals surface area (Å²) in [5.41, 5.74) is 0. The summed E-state index contributed by atoms with van der Waals surface area (Å²) < 4.78 is 4.81. The number of amides is 2. The van der Waals surface area contributed by atoms with Gasteiger partial charge in [-0.15, -0.1) is 0 Å². The van der Waals surface area contributed by atoms with E-state index in [9.17, 15) is 14.4 Å². The SMILES string of the molecule is CC(NC(=O)c1ccc(C(=O)O)o1)C(=O)N(C)C. The molecule has 1 atom stereocenters. The van der Waals surface area contributed by atoms with Crippen LogP contribution in [0, 0.1) is 0 Å². The van der Waals surface area contributed by atoms with Gasteiger partial charge in [0.05, 0.1) is 0 Å². The average Bonchev–Trinajstić information content (AvgIpc) is 2.76. The molecule has 2 amide bonds. The van der Waals surface area contributed by atoms with E-state index in [1.807, 2.05) is 0 Å². The standard InChI is InChI=1S/C11H14N2O5/c1-6(10(15)13(2)3)12-9(14)7-4-5-8(18-7)11(16)17/h4-6H,1-3H3,(H,12,14)(H,16,17). The van der Waals surface area contributed by atoms with Crippen LogP contribution in [0.4, 0.5) is 0 Å². The molecule has 1 aromatic rings. The van der Waals surface area contributed by atoms with Crippen molar-refractivity contribution in [3.63, 3.8) is 0 Å². The van der Waals surface area contributed by atoms with Gasteiger partial charge in [-0.3, -0.25) is 9.59 Å². The lowest BCUT2D eigenvalue weighted by Gasteiger charge is -2.17. The summed E-state index contributed by atoms with van der Waals surface area (Å²) in [5, 5.41) is 11.0. The molecule has 7 heteroatoms. The van der Waals surface area contributed by atoms with Gasteiger partial charge >= 0.3 is 5.97 Å². The minimum Gasteiger partial charge on any atom is -0.475 e. The normalized spacial score (nSPS) is 11.7. The maximum absolute atomic E-state index is 11.6. The first kappa shape index (κ1) is 13.8. The molecule has 0 bridgehead atoms. The summed E-state index contributed by atoms with van der Waals surface area (Å²) in [6.07, 6.45) is 0. The Balaban J connectivity index is 2.70. The van der Waals surface area contributed by atoms with Crippen molar-refractivity contribution in [3.8, 4) is 0 Å². The zero-order valence-corrected chi connectivity index (χ0v) is 10.3. The van der Waals surface area contributed by atoms with Crippen LogP contribution in [-0.2, 0) is 4.79 Å². The van der Waals surface area contributed by atoms with Crippen molar-refractivity contribution in [2.45, 2.75) is 13.0 Å². The predicted molar refractivity (Wildman–Crippen MR) is 61.3 cm³/mol. The zero-order chi connectivity index (χ0) is 13.9. The van der Waals surface area contributed by atoms with Crippen LogP contribution in [0.25, 0.3) is 0 Å². The highest BCUT2D eigenvalue weighted by Crippen LogP contribution is 2.08. The second kappa shape index (κ2) is 5.35. The van der Waals surface area contributed by atoms with Crippen molar-refractivity contribution in [2.24, 2.45) is 0 Å². The van der Waals surface area contributed by atoms with E-state index in [4.69, 9.17) is 9.52 Å². The van der Waals surface area contributed by atoms with Crippen LogP contribution >= 0.6 is 0 Å². The first-order chi connectivity index (χ1) is 8.32. The minimum absolute atomic E-state index is 0.147. The number of likely N-dealkylation sites (N-methyl/N-ethyl adjacent to an activating group) is 1. The summed E-state index contributed by atoms with van der Waals surface area (Å²) in [6, 6.07) is 1.70. The fraction of sp³-hybridized carbons (Fsp3) is 0.364. The van der Waals surface area contributed by atoms with Gasteiger partial charge < -0.3 is 19.7 Å². The van der Waals surface area contributed by atoms with Crippen LogP contribution in [0.2, 0.25) is 0 Å². The summed E-state index contributed by atoms with van der Waals surface area (Å²) in [5.74, 6) is -2.64. The van der Waals surface area contributed by atoms with Crippen LogP contribution < -0.4 is 5.32 Å². The van der Waals surface area contributed by atoms with E-state index in [0.29, 0.717) is 0 Å². The quantitative estimate of drug-likeness (QED) is 0.798. The number of carbonyl (C=O) groups excluding carboxylic acids is 2. The summed E-state index contributed by atoms with van der Waals surface area (Å²) >= 11 is 0. The Kier molecular flexibility index (Phi) is 4.09. The maximum Gasteiger partial charge on any atom is 0.371 e. The first-order valence-corrected chi connectivity index (χ1v) is 5.18. The number of nitrogens with one attached hydrogen (secondary N) is 1. The largest absolute Gasteiger partial charge is 0.475 e. The highest BCUT2D eigenvalue weighted by Gasteiger charge is 2.20. The molecule has 0 aliphatic rings. The van der Waals surface area contributed by atoms with E-state index in [1.165, 1.54) is 24.0 Å². The monoisotopic (exact) mass is 254 g/mol. The van der Waals surface area contributed by atoms with Gasteiger partial charge in [0.2, 0.25) is 11.7 Å². The third-order valence-electron chi connectivity index (χ3n) is 2.20. The molecular weight excluding hydrogens is 240 g/mol. The lowest BCUT2D eigenvalue weighted by molar-refractivity contribution is -0.130. The van der Waals surface area contributed by atoms with Gasteiger partial charge in [0, 0.05) is 14.1 Å². The van der Waals surface area contributed by atoms with Crippen LogP contribution in [-0.4, -0.2) is 47.9 Å². The van der Waals surface area contributed by atoms with Crippen LogP contribution in [0.15, 0.2) is 16.5 Å². The van der Waals surface area contributed by atoms with Crippen LogP contribution in [0.5, 0.6) is 0 Å². The Morgan fingerprint density at radius 1 is 1.28 bits per heavy atom. The number of nitrogens with zero attached hydrogens (tertiary/aromatic N) is 1. The Morgan fingerprint density at radius 2 is 1.83 bits per heavy atom. The van der Waals surface area contributed by atoms with Crippen LogP contribution in [0.3, 0.4) is 0 Å². The number of carboxylic acids is 1. The van der Waals surface area contributed by atoms with E-state index in [0.717, 1.165) is 0 Å². The molecule has 0 aliphatic carbocycles. The highest BCUT2D eigenvalue weighted by molar-refractivity contribution is 5.96. The van der Waals surface area contributed by atoms with Gasteiger partial charge in [-0.1, -0.05) is 0 Å². The molecular formula is C11H14N2O5. The number of furan rings is 1. The number of aromatic carboxylic acids is 1. The van der Waals surface area contributed by atoms with Crippen molar-refractivity contribution >= 4 is 17.8 Å². The molecule has 18 heavy (non-hydrogen) atoms. The molecule has 0 radical (unpaired) electrons. The smallest absolute Gasteiger partial charge is 0.371 e. The van der Waals surface area contributed by atoms with Gasteiger partial charge in [-0.25, -0.2) is 4.79 Å². The Labute approximate surface area is 103 Å². The number of rotatable bonds is 4. The number of carbonyl (C=O) groups is 3. The number of carboxylic acid groups (broad SMARTS) is 1. The van der Waals surface area contributed by atoms with Crippen molar-refractivity contribution < 1.29 is 23.9 Å². The van der Waals surface area contributed by atoms with E-state index in [2.05, 4.69) is 5.32 Å². The first-order valence-electron chi connectivity index (χ1n) is 5.18. The van der Waals surface area contributed by atoms with E-state index in [-0.39, 0.29) is 17.4 Å². The molecule has 1 unspecified atom stereocenters. The fourth-order valence-electron chi connectivity index (χ4n) is 1.29. The molecule has 1 aromatic heterocycles. The molecule has 0 aliphatic heterocycles. The lowest BCUT2D eigenvalue weighted by Crippen LogP contribution is -2.44. The van der Waals surface area contributed by atoms with Gasteiger partial charge in [-0.2, -0.15) is 0 Å². The second-order valence-corrected chi connectivity index (χ2v) is 3.90. The average molecular weight is 254 g/mol. The topological polar surface area (TPSA) is 99.9 Å². The maximum atomic E-state index is 11.6. The van der Waals surface area contributed by atoms with Crippen LogP contribution in [0.1, 0.15) is 28.0 Å². The number of hydrogen-bond donors (Lipinski definition) is 2. The molecule has 1 rings (SSSR count).